The lowest BCUT2D eigenvalue weighted by Crippen LogP contribution is -2.44. The third kappa shape index (κ3) is 7.12. The number of amides is 1. The molecular weight excluding hydrogens is 462 g/mol. The van der Waals surface area contributed by atoms with Crippen LogP contribution >= 0.6 is 15.9 Å². The van der Waals surface area contributed by atoms with Crippen LogP contribution in [-0.4, -0.2) is 72.2 Å². The fourth-order valence-electron chi connectivity index (χ4n) is 2.36. The van der Waals surface area contributed by atoms with Crippen molar-refractivity contribution in [2.45, 2.75) is 11.3 Å². The molecule has 1 saturated heterocycles. The lowest BCUT2D eigenvalue weighted by molar-refractivity contribution is -0.120. The highest BCUT2D eigenvalue weighted by atomic mass is 79.9. The van der Waals surface area contributed by atoms with Gasteiger partial charge in [-0.05, 0) is 24.3 Å². The van der Waals surface area contributed by atoms with Gasteiger partial charge in [0.1, 0.15) is 0 Å². The fourth-order valence-corrected chi connectivity index (χ4v) is 4.98. The zero-order valence-electron chi connectivity index (χ0n) is 14.6. The molecule has 0 bridgehead atoms. The first-order valence-electron chi connectivity index (χ1n) is 8.28. The molecule has 152 valence electrons. The van der Waals surface area contributed by atoms with Gasteiger partial charge in [0.05, 0.1) is 23.9 Å². The molecule has 0 spiro atoms. The highest BCUT2D eigenvalue weighted by molar-refractivity contribution is 9.10. The van der Waals surface area contributed by atoms with Gasteiger partial charge in [-0.2, -0.15) is 4.31 Å². The molecule has 1 aliphatic rings. The van der Waals surface area contributed by atoms with Crippen LogP contribution in [0.4, 0.5) is 0 Å². The molecule has 1 heterocycles. The van der Waals surface area contributed by atoms with Crippen molar-refractivity contribution in [1.29, 1.82) is 0 Å². The van der Waals surface area contributed by atoms with E-state index >= 15 is 0 Å². The second kappa shape index (κ2) is 9.94. The Morgan fingerprint density at radius 3 is 2.33 bits per heavy atom. The Labute approximate surface area is 167 Å². The van der Waals surface area contributed by atoms with E-state index in [2.05, 4.69) is 26.0 Å². The summed E-state index contributed by atoms with van der Waals surface area (Å²) >= 11 is 3.23. The first-order chi connectivity index (χ1) is 12.7. The highest BCUT2D eigenvalue weighted by Crippen LogP contribution is 2.14. The number of benzene rings is 1. The summed E-state index contributed by atoms with van der Waals surface area (Å²) in [7, 11) is -7.14. The van der Waals surface area contributed by atoms with Crippen molar-refractivity contribution in [3.63, 3.8) is 0 Å². The molecule has 0 unspecified atom stereocenters. The Hall–Kier alpha value is -1.05. The number of nitrogens with one attached hydrogen (secondary N) is 2. The molecule has 1 aliphatic heterocycles. The van der Waals surface area contributed by atoms with Crippen LogP contribution in [-0.2, 0) is 29.6 Å². The average Bonchev–Trinajstić information content (AvgIpc) is 2.62. The van der Waals surface area contributed by atoms with Crippen molar-refractivity contribution in [3.8, 4) is 0 Å². The number of morpholine rings is 1. The maximum absolute atomic E-state index is 12.1. The van der Waals surface area contributed by atoms with Crippen LogP contribution in [0, 0.1) is 0 Å². The van der Waals surface area contributed by atoms with Crippen molar-refractivity contribution in [2.24, 2.45) is 0 Å². The largest absolute Gasteiger partial charge is 0.379 e. The topological polar surface area (TPSA) is 122 Å². The Kier molecular flexibility index (Phi) is 8.19. The van der Waals surface area contributed by atoms with E-state index in [-0.39, 0.29) is 30.2 Å². The number of ether oxygens (including phenoxy) is 1. The van der Waals surface area contributed by atoms with Crippen LogP contribution in [0.5, 0.6) is 0 Å². The molecule has 0 aromatic heterocycles. The van der Waals surface area contributed by atoms with Gasteiger partial charge in [-0.15, -0.1) is 0 Å². The maximum Gasteiger partial charge on any atom is 0.240 e. The number of nitrogens with zero attached hydrogens (tertiary/aromatic N) is 1. The summed E-state index contributed by atoms with van der Waals surface area (Å²) in [5.74, 6) is -0.630. The van der Waals surface area contributed by atoms with Gasteiger partial charge in [0, 0.05) is 37.1 Å². The van der Waals surface area contributed by atoms with E-state index in [4.69, 9.17) is 4.74 Å². The number of carbonyl (C=O) groups is 1. The average molecular weight is 484 g/mol. The van der Waals surface area contributed by atoms with Crippen molar-refractivity contribution in [2.75, 3.05) is 45.1 Å². The van der Waals surface area contributed by atoms with Crippen LogP contribution in [0.2, 0.25) is 0 Å². The standard InChI is InChI=1S/C15H22BrN3O6S2/c16-13-1-3-14(4-2-13)27(23,24)18-6-5-15(20)17-7-12-26(21,22)19-8-10-25-11-9-19/h1-4,18H,5-12H2,(H,17,20). The number of sulfonamides is 2. The summed E-state index contributed by atoms with van der Waals surface area (Å²) in [4.78, 5) is 11.9. The maximum atomic E-state index is 12.1. The predicted octanol–water partition coefficient (Wildman–Crippen LogP) is -0.104. The molecule has 0 atom stereocenters. The van der Waals surface area contributed by atoms with Crippen molar-refractivity contribution in [1.82, 2.24) is 14.3 Å². The second-order valence-electron chi connectivity index (χ2n) is 5.78. The molecule has 1 aromatic carbocycles. The van der Waals surface area contributed by atoms with E-state index in [9.17, 15) is 21.6 Å². The van der Waals surface area contributed by atoms with Gasteiger partial charge in [-0.3, -0.25) is 4.79 Å². The molecule has 1 fully saturated rings. The molecule has 0 aliphatic carbocycles. The third-order valence-corrected chi connectivity index (χ3v) is 7.69. The first kappa shape index (κ1) is 22.2. The van der Waals surface area contributed by atoms with Crippen LogP contribution in [0.1, 0.15) is 6.42 Å². The smallest absolute Gasteiger partial charge is 0.240 e. The zero-order valence-corrected chi connectivity index (χ0v) is 17.8. The van der Waals surface area contributed by atoms with Gasteiger partial charge in [0.15, 0.2) is 0 Å². The van der Waals surface area contributed by atoms with Gasteiger partial charge in [0.2, 0.25) is 26.0 Å². The first-order valence-corrected chi connectivity index (χ1v) is 12.2. The van der Waals surface area contributed by atoms with Crippen molar-refractivity contribution >= 4 is 41.9 Å². The van der Waals surface area contributed by atoms with E-state index in [1.165, 1.54) is 16.4 Å². The quantitative estimate of drug-likeness (QED) is 0.505. The Morgan fingerprint density at radius 1 is 1.07 bits per heavy atom. The Morgan fingerprint density at radius 2 is 1.70 bits per heavy atom. The molecule has 9 nitrogen and oxygen atoms in total. The summed E-state index contributed by atoms with van der Waals surface area (Å²) in [6, 6.07) is 6.11. The molecule has 0 saturated carbocycles. The highest BCUT2D eigenvalue weighted by Gasteiger charge is 2.24. The number of rotatable bonds is 9. The Bertz CT molecular complexity index is 837. The van der Waals surface area contributed by atoms with Gasteiger partial charge < -0.3 is 10.1 Å². The normalized spacial score (nSPS) is 16.2. The van der Waals surface area contributed by atoms with Crippen molar-refractivity contribution < 1.29 is 26.4 Å². The van der Waals surface area contributed by atoms with E-state index in [1.807, 2.05) is 0 Å². The molecule has 27 heavy (non-hydrogen) atoms. The number of hydrogen-bond donors (Lipinski definition) is 2. The SMILES string of the molecule is O=C(CCNS(=O)(=O)c1ccc(Br)cc1)NCCS(=O)(=O)N1CCOCC1. The van der Waals surface area contributed by atoms with Crippen LogP contribution < -0.4 is 10.0 Å². The van der Waals surface area contributed by atoms with Gasteiger partial charge in [-0.1, -0.05) is 15.9 Å². The van der Waals surface area contributed by atoms with Crippen LogP contribution in [0.25, 0.3) is 0 Å². The van der Waals surface area contributed by atoms with Gasteiger partial charge in [-0.25, -0.2) is 21.6 Å². The molecule has 1 aromatic rings. The lowest BCUT2D eigenvalue weighted by atomic mass is 10.4. The minimum atomic E-state index is -3.70. The molecule has 2 N–H and O–H groups in total. The minimum Gasteiger partial charge on any atom is -0.379 e. The summed E-state index contributed by atoms with van der Waals surface area (Å²) < 4.78 is 58.0. The second-order valence-corrected chi connectivity index (χ2v) is 10.6. The molecule has 12 heteroatoms. The van der Waals surface area contributed by atoms with Crippen LogP contribution in [0.3, 0.4) is 0 Å². The third-order valence-electron chi connectivity index (χ3n) is 3.81. The minimum absolute atomic E-state index is 0.0298. The van der Waals surface area contributed by atoms with E-state index < -0.39 is 26.0 Å². The van der Waals surface area contributed by atoms with E-state index in [0.717, 1.165) is 4.47 Å². The summed E-state index contributed by atoms with van der Waals surface area (Å²) in [5, 5.41) is 2.49. The predicted molar refractivity (Wildman–Crippen MR) is 103 cm³/mol. The van der Waals surface area contributed by atoms with Gasteiger partial charge in [0.25, 0.3) is 0 Å². The summed E-state index contributed by atoms with van der Waals surface area (Å²) in [6.07, 6.45) is -0.0899. The Balaban J connectivity index is 1.71. The van der Waals surface area contributed by atoms with Gasteiger partial charge >= 0.3 is 0 Å². The summed E-state index contributed by atoms with van der Waals surface area (Å²) in [6.45, 7) is 1.24. The lowest BCUT2D eigenvalue weighted by Gasteiger charge is -2.26. The molecule has 0 radical (unpaired) electrons. The number of halogens is 1. The van der Waals surface area contributed by atoms with E-state index in [1.54, 1.807) is 12.1 Å². The molecular formula is C15H22BrN3O6S2. The molecule has 2 rings (SSSR count). The zero-order chi connectivity index (χ0) is 19.9. The monoisotopic (exact) mass is 483 g/mol. The number of carbonyl (C=O) groups excluding carboxylic acids is 1. The van der Waals surface area contributed by atoms with Crippen molar-refractivity contribution in [3.05, 3.63) is 28.7 Å². The van der Waals surface area contributed by atoms with E-state index in [0.29, 0.717) is 26.3 Å². The molecule has 1 amide bonds. The van der Waals surface area contributed by atoms with Crippen LogP contribution in [0.15, 0.2) is 33.6 Å². The summed E-state index contributed by atoms with van der Waals surface area (Å²) in [5.41, 5.74) is 0. The fraction of sp³-hybridized carbons (Fsp3) is 0.533. The number of hydrogen-bond acceptors (Lipinski definition) is 6.